The van der Waals surface area contributed by atoms with E-state index in [9.17, 15) is 25.5 Å². The predicted molar refractivity (Wildman–Crippen MR) is 81.5 cm³/mol. The SMILES string of the molecule is O[C@@H]1[C@@H](O)[C@H](O[C@@H]2CO[C@@H](Oc3ccccc3)[C@H](O)[C@H]2O)OC[C@H]1O. The fourth-order valence-electron chi connectivity index (χ4n) is 2.70. The normalized spacial score (nSPS) is 42.1. The number of para-hydroxylation sites is 1. The lowest BCUT2D eigenvalue weighted by Gasteiger charge is -2.41. The lowest BCUT2D eigenvalue weighted by Crippen LogP contribution is -2.60. The molecule has 0 saturated carbocycles. The molecule has 0 aliphatic carbocycles. The van der Waals surface area contributed by atoms with Gasteiger partial charge in [-0.15, -0.1) is 0 Å². The summed E-state index contributed by atoms with van der Waals surface area (Å²) in [5.41, 5.74) is 0. The van der Waals surface area contributed by atoms with E-state index in [1.807, 2.05) is 6.07 Å². The minimum absolute atomic E-state index is 0.124. The van der Waals surface area contributed by atoms with Gasteiger partial charge in [0.25, 0.3) is 0 Å². The van der Waals surface area contributed by atoms with Crippen molar-refractivity contribution in [3.63, 3.8) is 0 Å². The zero-order valence-electron chi connectivity index (χ0n) is 13.3. The van der Waals surface area contributed by atoms with Crippen molar-refractivity contribution in [2.45, 2.75) is 49.2 Å². The first-order valence-electron chi connectivity index (χ1n) is 7.98. The highest BCUT2D eigenvalue weighted by Crippen LogP contribution is 2.25. The van der Waals surface area contributed by atoms with Crippen molar-refractivity contribution >= 4 is 0 Å². The molecule has 1 aromatic carbocycles. The maximum absolute atomic E-state index is 10.2. The third kappa shape index (κ3) is 4.10. The summed E-state index contributed by atoms with van der Waals surface area (Å²) in [6, 6.07) is 8.70. The zero-order chi connectivity index (χ0) is 18.0. The van der Waals surface area contributed by atoms with Crippen LogP contribution in [0.3, 0.4) is 0 Å². The molecule has 0 amide bonds. The molecule has 25 heavy (non-hydrogen) atoms. The number of hydrogen-bond acceptors (Lipinski definition) is 9. The van der Waals surface area contributed by atoms with Gasteiger partial charge in [0.1, 0.15) is 42.4 Å². The third-order valence-electron chi connectivity index (χ3n) is 4.19. The first-order chi connectivity index (χ1) is 12.0. The molecular weight excluding hydrogens is 336 g/mol. The molecule has 0 bridgehead atoms. The van der Waals surface area contributed by atoms with Crippen molar-refractivity contribution in [2.24, 2.45) is 0 Å². The Morgan fingerprint density at radius 2 is 1.40 bits per heavy atom. The highest BCUT2D eigenvalue weighted by molar-refractivity contribution is 5.21. The van der Waals surface area contributed by atoms with Crippen molar-refractivity contribution in [3.8, 4) is 5.75 Å². The van der Waals surface area contributed by atoms with Crippen molar-refractivity contribution in [3.05, 3.63) is 30.3 Å². The standard InChI is InChI=1S/C16H22O9/c17-9-6-22-16(13(20)11(9)18)25-10-7-23-15(14(21)12(10)19)24-8-4-2-1-3-5-8/h1-5,9-21H,6-7H2/t9-,10-,11+,12+,13-,14-,15+,16+/m1/s1. The Kier molecular flexibility index (Phi) is 5.87. The molecule has 0 radical (unpaired) electrons. The molecule has 0 spiro atoms. The quantitative estimate of drug-likeness (QED) is 0.412. The Morgan fingerprint density at radius 1 is 0.760 bits per heavy atom. The van der Waals surface area contributed by atoms with E-state index >= 15 is 0 Å². The highest BCUT2D eigenvalue weighted by Gasteiger charge is 2.45. The molecule has 0 unspecified atom stereocenters. The Bertz CT molecular complexity index is 542. The molecule has 0 aromatic heterocycles. The van der Waals surface area contributed by atoms with E-state index in [0.717, 1.165) is 0 Å². The smallest absolute Gasteiger partial charge is 0.228 e. The van der Waals surface area contributed by atoms with Crippen molar-refractivity contribution in [1.29, 1.82) is 0 Å². The Labute approximate surface area is 143 Å². The van der Waals surface area contributed by atoms with E-state index in [2.05, 4.69) is 0 Å². The zero-order valence-corrected chi connectivity index (χ0v) is 13.3. The third-order valence-corrected chi connectivity index (χ3v) is 4.19. The number of aliphatic hydroxyl groups excluding tert-OH is 5. The molecule has 2 fully saturated rings. The minimum Gasteiger partial charge on any atom is -0.462 e. The second-order valence-electron chi connectivity index (χ2n) is 6.04. The number of hydrogen-bond donors (Lipinski definition) is 5. The van der Waals surface area contributed by atoms with Gasteiger partial charge in [0.15, 0.2) is 6.29 Å². The monoisotopic (exact) mass is 358 g/mol. The summed E-state index contributed by atoms with van der Waals surface area (Å²) in [6.45, 7) is -0.351. The fraction of sp³-hybridized carbons (Fsp3) is 0.625. The molecule has 9 nitrogen and oxygen atoms in total. The summed E-state index contributed by atoms with van der Waals surface area (Å²) < 4.78 is 21.4. The van der Waals surface area contributed by atoms with Crippen LogP contribution in [0, 0.1) is 0 Å². The number of aliphatic hydroxyl groups is 5. The van der Waals surface area contributed by atoms with Crippen LogP contribution in [-0.2, 0) is 14.2 Å². The molecule has 5 N–H and O–H groups in total. The summed E-state index contributed by atoms with van der Waals surface area (Å²) in [5, 5.41) is 49.4. The van der Waals surface area contributed by atoms with Crippen LogP contribution in [0.1, 0.15) is 0 Å². The van der Waals surface area contributed by atoms with Gasteiger partial charge in [-0.2, -0.15) is 0 Å². The highest BCUT2D eigenvalue weighted by atomic mass is 16.7. The van der Waals surface area contributed by atoms with Gasteiger partial charge < -0.3 is 44.5 Å². The largest absolute Gasteiger partial charge is 0.462 e. The van der Waals surface area contributed by atoms with E-state index in [1.54, 1.807) is 24.3 Å². The fourth-order valence-corrected chi connectivity index (χ4v) is 2.70. The second kappa shape index (κ2) is 7.94. The van der Waals surface area contributed by atoms with Crippen LogP contribution in [0.2, 0.25) is 0 Å². The van der Waals surface area contributed by atoms with E-state index in [4.69, 9.17) is 18.9 Å². The van der Waals surface area contributed by atoms with E-state index < -0.39 is 49.2 Å². The average molecular weight is 358 g/mol. The number of rotatable bonds is 4. The molecule has 3 rings (SSSR count). The van der Waals surface area contributed by atoms with Gasteiger partial charge in [0.2, 0.25) is 6.29 Å². The lowest BCUT2D eigenvalue weighted by atomic mass is 10.0. The maximum Gasteiger partial charge on any atom is 0.228 e. The Morgan fingerprint density at radius 3 is 2.12 bits per heavy atom. The van der Waals surface area contributed by atoms with Gasteiger partial charge in [0.05, 0.1) is 13.2 Å². The van der Waals surface area contributed by atoms with E-state index in [0.29, 0.717) is 5.75 Å². The van der Waals surface area contributed by atoms with Crippen molar-refractivity contribution in [1.82, 2.24) is 0 Å². The molecule has 140 valence electrons. The molecular formula is C16H22O9. The van der Waals surface area contributed by atoms with Gasteiger partial charge in [-0.05, 0) is 12.1 Å². The first kappa shape index (κ1) is 18.5. The van der Waals surface area contributed by atoms with Crippen LogP contribution >= 0.6 is 0 Å². The van der Waals surface area contributed by atoms with Crippen LogP contribution in [0.25, 0.3) is 0 Å². The molecule has 2 saturated heterocycles. The average Bonchev–Trinajstić information content (AvgIpc) is 2.62. The van der Waals surface area contributed by atoms with Crippen molar-refractivity contribution in [2.75, 3.05) is 13.2 Å². The van der Waals surface area contributed by atoms with Crippen LogP contribution in [-0.4, -0.2) is 88.0 Å². The Balaban J connectivity index is 1.57. The van der Waals surface area contributed by atoms with Gasteiger partial charge in [-0.1, -0.05) is 18.2 Å². The first-order valence-corrected chi connectivity index (χ1v) is 7.98. The topological polar surface area (TPSA) is 138 Å². The summed E-state index contributed by atoms with van der Waals surface area (Å²) in [5.74, 6) is 0.473. The summed E-state index contributed by atoms with van der Waals surface area (Å²) in [7, 11) is 0. The van der Waals surface area contributed by atoms with Gasteiger partial charge in [-0.3, -0.25) is 0 Å². The summed E-state index contributed by atoms with van der Waals surface area (Å²) in [6.07, 6.45) is -10.3. The number of benzene rings is 1. The molecule has 8 atom stereocenters. The minimum atomic E-state index is -1.49. The molecule has 1 aromatic rings. The van der Waals surface area contributed by atoms with E-state index in [-0.39, 0.29) is 13.2 Å². The van der Waals surface area contributed by atoms with Gasteiger partial charge in [-0.25, -0.2) is 0 Å². The van der Waals surface area contributed by atoms with Gasteiger partial charge >= 0.3 is 0 Å². The van der Waals surface area contributed by atoms with Crippen LogP contribution in [0.15, 0.2) is 30.3 Å². The van der Waals surface area contributed by atoms with Gasteiger partial charge in [0, 0.05) is 0 Å². The summed E-state index contributed by atoms with van der Waals surface area (Å²) in [4.78, 5) is 0. The molecule has 2 aliphatic rings. The number of ether oxygens (including phenoxy) is 4. The van der Waals surface area contributed by atoms with Crippen LogP contribution in [0.4, 0.5) is 0 Å². The maximum atomic E-state index is 10.2. The van der Waals surface area contributed by atoms with Crippen molar-refractivity contribution < 1.29 is 44.5 Å². The van der Waals surface area contributed by atoms with Crippen LogP contribution < -0.4 is 4.74 Å². The molecule has 9 heteroatoms. The predicted octanol–water partition coefficient (Wildman–Crippen LogP) is -2.03. The van der Waals surface area contributed by atoms with E-state index in [1.165, 1.54) is 0 Å². The summed E-state index contributed by atoms with van der Waals surface area (Å²) >= 11 is 0. The molecule has 2 aliphatic heterocycles. The second-order valence-corrected chi connectivity index (χ2v) is 6.04. The molecule has 2 heterocycles. The Hall–Kier alpha value is -1.30. The van der Waals surface area contributed by atoms with Crippen LogP contribution in [0.5, 0.6) is 5.75 Å². The lowest BCUT2D eigenvalue weighted by molar-refractivity contribution is -0.320.